The Balaban J connectivity index is 1.94. The number of hydrogen-bond acceptors (Lipinski definition) is 8. The van der Waals surface area contributed by atoms with Crippen LogP contribution >= 0.6 is 8.17 Å². The number of rotatable bonds is 7. The van der Waals surface area contributed by atoms with E-state index >= 15 is 0 Å². The third-order valence-corrected chi connectivity index (χ3v) is 5.19. The summed E-state index contributed by atoms with van der Waals surface area (Å²) in [5.74, 6) is -0.878. The van der Waals surface area contributed by atoms with Crippen molar-refractivity contribution in [2.45, 2.75) is 33.1 Å². The molecule has 2 heterocycles. The standard InChI is InChI=1S/C14H24N3O7P/c1-14(2)8-22-25(20,23-10-17-7-6-15-9-17)24-12(14)13(19)16-5-4-11(18)21-3/h6-7,9,12,20,25H,4-5,8,10H2,1-3H3,(H,16,19)/t12-/m0/s1. The zero-order chi connectivity index (χ0) is 18.5. The molecule has 1 saturated heterocycles. The van der Waals surface area contributed by atoms with Crippen LogP contribution in [-0.2, 0) is 34.6 Å². The van der Waals surface area contributed by atoms with Gasteiger partial charge in [-0.25, -0.2) is 0 Å². The first-order chi connectivity index (χ1) is 11.8. The first kappa shape index (κ1) is 19.7. The summed E-state index contributed by atoms with van der Waals surface area (Å²) in [4.78, 5) is 37.8. The number of nitrogens with one attached hydrogen (secondary N) is 1. The molecule has 1 aliphatic heterocycles. The monoisotopic (exact) mass is 377 g/mol. The van der Waals surface area contributed by atoms with E-state index in [0.29, 0.717) is 0 Å². The van der Waals surface area contributed by atoms with Crippen LogP contribution in [0.1, 0.15) is 20.3 Å². The molecular formula is C14H24N3O7P. The van der Waals surface area contributed by atoms with Crippen LogP contribution in [0.4, 0.5) is 0 Å². The molecule has 1 aromatic heterocycles. The van der Waals surface area contributed by atoms with Gasteiger partial charge in [-0.05, 0) is 0 Å². The molecule has 0 aromatic carbocycles. The molecule has 0 bridgehead atoms. The number of imidazole rings is 1. The molecule has 10 nitrogen and oxygen atoms in total. The Hall–Kier alpha value is -1.58. The maximum atomic E-state index is 12.4. The predicted molar refractivity (Wildman–Crippen MR) is 88.1 cm³/mol. The van der Waals surface area contributed by atoms with E-state index in [-0.39, 0.29) is 26.3 Å². The topological polar surface area (TPSA) is 121 Å². The molecule has 0 saturated carbocycles. The number of methoxy groups -OCH3 is 1. The number of nitrogens with zero attached hydrogens (tertiary/aromatic N) is 2. The van der Waals surface area contributed by atoms with Gasteiger partial charge >= 0.3 is 145 Å². The number of ether oxygens (including phenoxy) is 1. The summed E-state index contributed by atoms with van der Waals surface area (Å²) in [5, 5.41) is 2.60. The summed E-state index contributed by atoms with van der Waals surface area (Å²) >= 11 is 0. The van der Waals surface area contributed by atoms with Crippen molar-refractivity contribution in [2.24, 2.45) is 5.41 Å². The average Bonchev–Trinajstić information content (AvgIpc) is 3.09. The van der Waals surface area contributed by atoms with Crippen molar-refractivity contribution >= 4 is 20.0 Å². The Kier molecular flexibility index (Phi) is 6.47. The fraction of sp³-hybridized carbons (Fsp3) is 0.643. The van der Waals surface area contributed by atoms with Crippen LogP contribution in [0.3, 0.4) is 0 Å². The maximum absolute atomic E-state index is 12.4. The second kappa shape index (κ2) is 8.20. The van der Waals surface area contributed by atoms with Crippen molar-refractivity contribution < 1.29 is 32.8 Å². The number of hydrogen-bond donors (Lipinski definition) is 2. The van der Waals surface area contributed by atoms with E-state index in [0.717, 1.165) is 0 Å². The molecule has 0 radical (unpaired) electrons. The molecular weight excluding hydrogens is 353 g/mol. The van der Waals surface area contributed by atoms with Crippen molar-refractivity contribution in [3.05, 3.63) is 18.7 Å². The van der Waals surface area contributed by atoms with Crippen molar-refractivity contribution in [3.8, 4) is 0 Å². The van der Waals surface area contributed by atoms with Gasteiger partial charge in [0.25, 0.3) is 0 Å². The zero-order valence-electron chi connectivity index (χ0n) is 14.4. The van der Waals surface area contributed by atoms with Crippen LogP contribution < -0.4 is 5.32 Å². The second-order valence-corrected chi connectivity index (χ2v) is 8.13. The van der Waals surface area contributed by atoms with E-state index in [1.54, 1.807) is 30.8 Å². The van der Waals surface area contributed by atoms with E-state index < -0.39 is 31.6 Å². The van der Waals surface area contributed by atoms with Gasteiger partial charge in [-0.2, -0.15) is 0 Å². The van der Waals surface area contributed by atoms with Crippen LogP contribution in [0, 0.1) is 5.41 Å². The normalized spacial score (nSPS) is 22.8. The first-order valence-corrected chi connectivity index (χ1v) is 9.41. The van der Waals surface area contributed by atoms with Gasteiger partial charge in [0.15, 0.2) is 0 Å². The average molecular weight is 377 g/mol. The SMILES string of the molecule is COC(=O)CCNC(=O)[C@@H]1O[PH](O)(OCn2ccnc2)OCC1(C)C. The van der Waals surface area contributed by atoms with Crippen LogP contribution in [-0.4, -0.2) is 52.7 Å². The van der Waals surface area contributed by atoms with Crippen LogP contribution in [0.2, 0.25) is 0 Å². The Labute approximate surface area is 146 Å². The third-order valence-electron chi connectivity index (χ3n) is 3.65. The van der Waals surface area contributed by atoms with Gasteiger partial charge in [0.1, 0.15) is 0 Å². The summed E-state index contributed by atoms with van der Waals surface area (Å²) in [5.41, 5.74) is -0.674. The van der Waals surface area contributed by atoms with E-state index in [1.165, 1.54) is 13.4 Å². The molecule has 142 valence electrons. The van der Waals surface area contributed by atoms with Crippen molar-refractivity contribution in [2.75, 3.05) is 20.3 Å². The minimum absolute atomic E-state index is 0.0141. The van der Waals surface area contributed by atoms with Crippen molar-refractivity contribution in [1.82, 2.24) is 14.9 Å². The summed E-state index contributed by atoms with van der Waals surface area (Å²) in [7, 11) is -2.70. The molecule has 1 aliphatic rings. The summed E-state index contributed by atoms with van der Waals surface area (Å²) in [6.45, 7) is 3.75. The molecule has 1 aromatic rings. The van der Waals surface area contributed by atoms with Gasteiger partial charge in [-0.3, -0.25) is 0 Å². The number of carbonyl (C=O) groups excluding carboxylic acids is 2. The van der Waals surface area contributed by atoms with E-state index in [4.69, 9.17) is 13.6 Å². The fourth-order valence-electron chi connectivity index (χ4n) is 2.18. The minimum atomic E-state index is -3.98. The molecule has 25 heavy (non-hydrogen) atoms. The Bertz CT molecular complexity index is 595. The van der Waals surface area contributed by atoms with Gasteiger partial charge in [-0.1, -0.05) is 0 Å². The molecule has 2 N–H and O–H groups in total. The van der Waals surface area contributed by atoms with E-state index in [2.05, 4.69) is 15.0 Å². The van der Waals surface area contributed by atoms with Crippen LogP contribution in [0.15, 0.2) is 18.7 Å². The van der Waals surface area contributed by atoms with E-state index in [9.17, 15) is 14.5 Å². The van der Waals surface area contributed by atoms with Crippen LogP contribution in [0.5, 0.6) is 0 Å². The number of aromatic nitrogens is 2. The molecule has 1 amide bonds. The number of esters is 1. The second-order valence-electron chi connectivity index (χ2n) is 6.27. The Morgan fingerprint density at radius 3 is 2.92 bits per heavy atom. The third kappa shape index (κ3) is 5.45. The van der Waals surface area contributed by atoms with Gasteiger partial charge < -0.3 is 0 Å². The Morgan fingerprint density at radius 1 is 1.52 bits per heavy atom. The van der Waals surface area contributed by atoms with Gasteiger partial charge in [0.05, 0.1) is 0 Å². The van der Waals surface area contributed by atoms with Gasteiger partial charge in [0.2, 0.25) is 0 Å². The summed E-state index contributed by atoms with van der Waals surface area (Å²) in [6.07, 6.45) is 3.81. The number of carbonyl (C=O) groups is 2. The molecule has 1 atom stereocenters. The van der Waals surface area contributed by atoms with Gasteiger partial charge in [0, 0.05) is 0 Å². The van der Waals surface area contributed by atoms with Crippen molar-refractivity contribution in [3.63, 3.8) is 0 Å². The van der Waals surface area contributed by atoms with Crippen LogP contribution in [0.25, 0.3) is 0 Å². The first-order valence-electron chi connectivity index (χ1n) is 7.74. The van der Waals surface area contributed by atoms with E-state index in [1.807, 2.05) is 0 Å². The van der Waals surface area contributed by atoms with Gasteiger partial charge in [-0.15, -0.1) is 0 Å². The van der Waals surface area contributed by atoms with Crippen molar-refractivity contribution in [1.29, 1.82) is 0 Å². The molecule has 11 heteroatoms. The Morgan fingerprint density at radius 2 is 2.28 bits per heavy atom. The molecule has 0 aliphatic carbocycles. The number of amides is 1. The summed E-state index contributed by atoms with van der Waals surface area (Å²) < 4.78 is 22.4. The fourth-order valence-corrected chi connectivity index (χ4v) is 3.99. The zero-order valence-corrected chi connectivity index (χ0v) is 15.4. The molecule has 0 unspecified atom stereocenters. The molecule has 1 fully saturated rings. The molecule has 0 spiro atoms. The molecule has 2 rings (SSSR count). The predicted octanol–water partition coefficient (Wildman–Crippen LogP) is 0.380. The quantitative estimate of drug-likeness (QED) is 0.517. The summed E-state index contributed by atoms with van der Waals surface area (Å²) in [6, 6.07) is 0.